The van der Waals surface area contributed by atoms with Crippen molar-refractivity contribution < 1.29 is 28.7 Å². The van der Waals surface area contributed by atoms with Gasteiger partial charge in [0.25, 0.3) is 17.7 Å². The van der Waals surface area contributed by atoms with Crippen molar-refractivity contribution in [3.63, 3.8) is 0 Å². The summed E-state index contributed by atoms with van der Waals surface area (Å²) in [5, 5.41) is 4.98. The fraction of sp³-hybridized carbons (Fsp3) is 0.172. The Balaban J connectivity index is 1.61. The Labute approximate surface area is 233 Å². The average Bonchev–Trinajstić information content (AvgIpc) is 2.87. The van der Waals surface area contributed by atoms with Gasteiger partial charge < -0.3 is 14.8 Å². The lowest BCUT2D eigenvalue weighted by Gasteiger charge is -2.27. The predicted molar refractivity (Wildman–Crippen MR) is 151 cm³/mol. The molecule has 4 rings (SSSR count). The number of hydrogen-bond acceptors (Lipinski definition) is 6. The Kier molecular flexibility index (Phi) is 8.46. The first-order valence-electron chi connectivity index (χ1n) is 12.1. The Morgan fingerprint density at radius 2 is 1.64 bits per heavy atom. The summed E-state index contributed by atoms with van der Waals surface area (Å²) < 4.78 is 11.9. The zero-order valence-corrected chi connectivity index (χ0v) is 23.1. The number of imide groups is 2. The molecule has 10 heteroatoms. The van der Waals surface area contributed by atoms with Gasteiger partial charge in [-0.05, 0) is 79.9 Å². The number of nitrogens with one attached hydrogen (secondary N) is 2. The smallest absolute Gasteiger partial charge is 0.335 e. The van der Waals surface area contributed by atoms with Gasteiger partial charge >= 0.3 is 6.03 Å². The van der Waals surface area contributed by atoms with E-state index in [0.29, 0.717) is 39.5 Å². The number of amides is 5. The monoisotopic (exact) mass is 591 g/mol. The number of carbonyl (C=O) groups excluding carboxylic acids is 4. The van der Waals surface area contributed by atoms with E-state index in [4.69, 9.17) is 9.47 Å². The van der Waals surface area contributed by atoms with E-state index >= 15 is 0 Å². The van der Waals surface area contributed by atoms with Crippen molar-refractivity contribution in [1.29, 1.82) is 0 Å². The molecule has 0 saturated carbocycles. The molecule has 0 atom stereocenters. The molecule has 1 fully saturated rings. The summed E-state index contributed by atoms with van der Waals surface area (Å²) in [7, 11) is 0. The van der Waals surface area contributed by atoms with E-state index in [2.05, 4.69) is 26.6 Å². The number of urea groups is 1. The highest BCUT2D eigenvalue weighted by Gasteiger charge is 2.37. The van der Waals surface area contributed by atoms with E-state index in [-0.39, 0.29) is 18.1 Å². The maximum absolute atomic E-state index is 13.4. The number of aryl methyl sites for hydroxylation is 2. The largest absolute Gasteiger partial charge is 0.490 e. The first kappa shape index (κ1) is 27.6. The standard InChI is InChI=1S/C29H26BrN3O6/c1-4-38-24-14-19(23(30)15-25(24)39-16-26(34)31-20-8-6-5-7-9-20)13-22-27(35)32-29(37)33(28(22)36)21-11-17(2)10-18(3)12-21/h5-15H,4,16H2,1-3H3,(H,31,34)(H,32,35,37)/b22-13+. The number of barbiturate groups is 1. The van der Waals surface area contributed by atoms with Crippen LogP contribution >= 0.6 is 15.9 Å². The van der Waals surface area contributed by atoms with Crippen LogP contribution in [-0.2, 0) is 14.4 Å². The molecule has 200 valence electrons. The van der Waals surface area contributed by atoms with Crippen LogP contribution in [0.15, 0.2) is 70.7 Å². The first-order valence-corrected chi connectivity index (χ1v) is 12.9. The van der Waals surface area contributed by atoms with E-state index in [1.807, 2.05) is 38.1 Å². The van der Waals surface area contributed by atoms with Gasteiger partial charge in [0.2, 0.25) is 0 Å². The SMILES string of the molecule is CCOc1cc(/C=C2\C(=O)NC(=O)N(c3cc(C)cc(C)c3)C2=O)c(Br)cc1OCC(=O)Nc1ccccc1. The zero-order valence-electron chi connectivity index (χ0n) is 21.5. The van der Waals surface area contributed by atoms with Crippen LogP contribution in [0.5, 0.6) is 11.5 Å². The summed E-state index contributed by atoms with van der Waals surface area (Å²) in [4.78, 5) is 51.9. The molecular formula is C29H26BrN3O6. The molecule has 1 aliphatic heterocycles. The number of para-hydroxylation sites is 1. The Hall–Kier alpha value is -4.44. The van der Waals surface area contributed by atoms with Crippen molar-refractivity contribution in [1.82, 2.24) is 5.32 Å². The van der Waals surface area contributed by atoms with Gasteiger partial charge in [-0.25, -0.2) is 9.69 Å². The van der Waals surface area contributed by atoms with Crippen LogP contribution in [0.4, 0.5) is 16.2 Å². The Morgan fingerprint density at radius 3 is 2.31 bits per heavy atom. The number of hydrogen-bond donors (Lipinski definition) is 2. The molecule has 5 amide bonds. The zero-order chi connectivity index (χ0) is 28.1. The molecule has 9 nitrogen and oxygen atoms in total. The average molecular weight is 592 g/mol. The third-order valence-electron chi connectivity index (χ3n) is 5.65. The minimum Gasteiger partial charge on any atom is -0.490 e. The maximum Gasteiger partial charge on any atom is 0.335 e. The molecule has 0 aromatic heterocycles. The summed E-state index contributed by atoms with van der Waals surface area (Å²) in [5.74, 6) is -1.32. The first-order chi connectivity index (χ1) is 18.7. The van der Waals surface area contributed by atoms with Crippen molar-refractivity contribution in [2.24, 2.45) is 0 Å². The van der Waals surface area contributed by atoms with Gasteiger partial charge in [0.05, 0.1) is 12.3 Å². The molecule has 3 aromatic carbocycles. The summed E-state index contributed by atoms with van der Waals surface area (Å²) in [6, 6.07) is 16.7. The predicted octanol–water partition coefficient (Wildman–Crippen LogP) is 5.15. The maximum atomic E-state index is 13.4. The van der Waals surface area contributed by atoms with E-state index < -0.39 is 17.8 Å². The summed E-state index contributed by atoms with van der Waals surface area (Å²) in [6.45, 7) is 5.53. The number of nitrogens with zero attached hydrogens (tertiary/aromatic N) is 1. The molecule has 0 unspecified atom stereocenters. The van der Waals surface area contributed by atoms with Gasteiger partial charge in [-0.3, -0.25) is 19.7 Å². The fourth-order valence-electron chi connectivity index (χ4n) is 4.03. The fourth-order valence-corrected chi connectivity index (χ4v) is 4.47. The quantitative estimate of drug-likeness (QED) is 0.277. The van der Waals surface area contributed by atoms with Gasteiger partial charge in [0.15, 0.2) is 18.1 Å². The number of benzene rings is 3. The van der Waals surface area contributed by atoms with Gasteiger partial charge in [-0.2, -0.15) is 0 Å². The highest BCUT2D eigenvalue weighted by molar-refractivity contribution is 9.10. The topological polar surface area (TPSA) is 114 Å². The van der Waals surface area contributed by atoms with Gasteiger partial charge in [-0.1, -0.05) is 40.2 Å². The van der Waals surface area contributed by atoms with Crippen molar-refractivity contribution in [3.8, 4) is 11.5 Å². The molecule has 0 radical (unpaired) electrons. The highest BCUT2D eigenvalue weighted by Crippen LogP contribution is 2.35. The number of rotatable bonds is 8. The molecule has 39 heavy (non-hydrogen) atoms. The van der Waals surface area contributed by atoms with Crippen molar-refractivity contribution in [2.45, 2.75) is 20.8 Å². The molecule has 0 spiro atoms. The minimum atomic E-state index is -0.821. The summed E-state index contributed by atoms with van der Waals surface area (Å²) in [6.07, 6.45) is 1.37. The van der Waals surface area contributed by atoms with E-state index in [1.54, 1.807) is 43.3 Å². The summed E-state index contributed by atoms with van der Waals surface area (Å²) in [5.41, 5.74) is 2.94. The van der Waals surface area contributed by atoms with Crippen molar-refractivity contribution in [2.75, 3.05) is 23.4 Å². The second-order valence-electron chi connectivity index (χ2n) is 8.76. The van der Waals surface area contributed by atoms with Crippen LogP contribution < -0.4 is 25.0 Å². The van der Waals surface area contributed by atoms with E-state index in [0.717, 1.165) is 16.0 Å². The lowest BCUT2D eigenvalue weighted by molar-refractivity contribution is -0.122. The van der Waals surface area contributed by atoms with Crippen LogP contribution in [0.3, 0.4) is 0 Å². The molecule has 1 heterocycles. The number of anilines is 2. The lowest BCUT2D eigenvalue weighted by atomic mass is 10.0. The molecular weight excluding hydrogens is 566 g/mol. The number of halogens is 1. The third-order valence-corrected chi connectivity index (χ3v) is 6.33. The van der Waals surface area contributed by atoms with Crippen molar-refractivity contribution in [3.05, 3.63) is 87.4 Å². The normalized spacial score (nSPS) is 14.3. The number of ether oxygens (including phenoxy) is 2. The molecule has 1 aliphatic rings. The Morgan fingerprint density at radius 1 is 0.974 bits per heavy atom. The second-order valence-corrected chi connectivity index (χ2v) is 9.61. The number of carbonyl (C=O) groups is 4. The highest BCUT2D eigenvalue weighted by atomic mass is 79.9. The molecule has 3 aromatic rings. The minimum absolute atomic E-state index is 0.229. The van der Waals surface area contributed by atoms with Crippen LogP contribution in [-0.4, -0.2) is 37.0 Å². The third kappa shape index (κ3) is 6.53. The molecule has 0 bridgehead atoms. The van der Waals surface area contributed by atoms with Crippen molar-refractivity contribution >= 4 is 57.1 Å². The van der Waals surface area contributed by atoms with Crippen LogP contribution in [0, 0.1) is 13.8 Å². The molecule has 1 saturated heterocycles. The van der Waals surface area contributed by atoms with Gasteiger partial charge in [-0.15, -0.1) is 0 Å². The lowest BCUT2D eigenvalue weighted by Crippen LogP contribution is -2.54. The van der Waals surface area contributed by atoms with E-state index in [9.17, 15) is 19.2 Å². The van der Waals surface area contributed by atoms with Crippen LogP contribution in [0.1, 0.15) is 23.6 Å². The molecule has 2 N–H and O–H groups in total. The van der Waals surface area contributed by atoms with Gasteiger partial charge in [0.1, 0.15) is 5.57 Å². The second kappa shape index (κ2) is 12.0. The molecule has 0 aliphatic carbocycles. The Bertz CT molecular complexity index is 1470. The van der Waals surface area contributed by atoms with Gasteiger partial charge in [0, 0.05) is 10.2 Å². The van der Waals surface area contributed by atoms with E-state index in [1.165, 1.54) is 6.08 Å². The van der Waals surface area contributed by atoms with Crippen LogP contribution in [0.2, 0.25) is 0 Å². The van der Waals surface area contributed by atoms with Crippen LogP contribution in [0.25, 0.3) is 6.08 Å². The summed E-state index contributed by atoms with van der Waals surface area (Å²) >= 11 is 3.45.